The predicted octanol–water partition coefficient (Wildman–Crippen LogP) is 5.51. The number of amides is 1. The third-order valence-electron chi connectivity index (χ3n) is 11.2. The Morgan fingerprint density at radius 1 is 1.02 bits per heavy atom. The van der Waals surface area contributed by atoms with Gasteiger partial charge in [0.05, 0.1) is 28.4 Å². The predicted molar refractivity (Wildman–Crippen MR) is 170 cm³/mol. The molecule has 44 heavy (non-hydrogen) atoms. The Labute approximate surface area is 266 Å². The lowest BCUT2D eigenvalue weighted by atomic mass is 9.49. The van der Waals surface area contributed by atoms with E-state index in [4.69, 9.17) is 21.3 Å². The van der Waals surface area contributed by atoms with Gasteiger partial charge in [0.2, 0.25) is 0 Å². The van der Waals surface area contributed by atoms with E-state index in [0.717, 1.165) is 42.1 Å². The van der Waals surface area contributed by atoms with Crippen LogP contribution in [0.1, 0.15) is 80.7 Å². The number of likely N-dealkylation sites (tertiary alicyclic amines) is 1. The minimum Gasteiger partial charge on any atom is -0.489 e. The maximum absolute atomic E-state index is 13.7. The summed E-state index contributed by atoms with van der Waals surface area (Å²) in [6, 6.07) is 11.8. The van der Waals surface area contributed by atoms with Crippen LogP contribution in [0.3, 0.4) is 0 Å². The molecule has 4 heterocycles. The first kappa shape index (κ1) is 29.6. The third kappa shape index (κ3) is 4.98. The molecular weight excluding hydrogens is 570 g/mol. The highest BCUT2D eigenvalue weighted by atomic mass is 35.5. The minimum absolute atomic E-state index is 0.0261. The van der Waals surface area contributed by atoms with E-state index in [1.807, 2.05) is 17.0 Å². The van der Waals surface area contributed by atoms with Gasteiger partial charge in [0, 0.05) is 48.0 Å². The Morgan fingerprint density at radius 2 is 1.73 bits per heavy atom. The number of aromatic nitrogens is 1. The van der Waals surface area contributed by atoms with E-state index in [-0.39, 0.29) is 28.9 Å². The number of nitrogens with zero attached hydrogens (tertiary/aromatic N) is 4. The van der Waals surface area contributed by atoms with Crippen molar-refractivity contribution in [3.8, 4) is 23.7 Å². The van der Waals surface area contributed by atoms with Crippen molar-refractivity contribution in [2.24, 2.45) is 28.6 Å². The quantitative estimate of drug-likeness (QED) is 0.460. The lowest BCUT2D eigenvalue weighted by molar-refractivity contribution is -0.199. The van der Waals surface area contributed by atoms with Crippen molar-refractivity contribution in [2.75, 3.05) is 26.2 Å². The molecule has 8 heteroatoms. The number of carbonyl (C=O) groups excluding carboxylic acids is 1. The van der Waals surface area contributed by atoms with Gasteiger partial charge in [-0.05, 0) is 80.8 Å². The maximum atomic E-state index is 13.7. The molecule has 2 unspecified atom stereocenters. The summed E-state index contributed by atoms with van der Waals surface area (Å²) in [5, 5.41) is 13.1. The molecule has 1 aromatic carbocycles. The number of nitrogens with one attached hydrogen (secondary N) is 1. The number of fused-ring (bicyclic) bond motifs is 2. The van der Waals surface area contributed by atoms with Gasteiger partial charge in [-0.25, -0.2) is 4.98 Å². The van der Waals surface area contributed by atoms with Gasteiger partial charge in [0.25, 0.3) is 5.91 Å². The number of hydrogen-bond acceptors (Lipinski definition) is 6. The molecule has 0 spiro atoms. The summed E-state index contributed by atoms with van der Waals surface area (Å²) >= 11 is 6.27. The summed E-state index contributed by atoms with van der Waals surface area (Å²) in [4.78, 5) is 23.3. The zero-order chi connectivity index (χ0) is 30.8. The van der Waals surface area contributed by atoms with Crippen LogP contribution in [0.25, 0.3) is 0 Å². The fourth-order valence-electron chi connectivity index (χ4n) is 9.44. The Morgan fingerprint density at radius 3 is 2.39 bits per heavy atom. The van der Waals surface area contributed by atoms with Crippen molar-refractivity contribution in [1.29, 1.82) is 5.26 Å². The lowest BCUT2D eigenvalue weighted by Gasteiger charge is -2.65. The first-order valence-electron chi connectivity index (χ1n) is 16.2. The van der Waals surface area contributed by atoms with Crippen molar-refractivity contribution in [3.05, 3.63) is 57.9 Å². The molecule has 1 amide bonds. The van der Waals surface area contributed by atoms with Crippen LogP contribution in [-0.4, -0.2) is 65.1 Å². The number of ether oxygens (including phenoxy) is 1. The molecule has 5 aliphatic rings. The van der Waals surface area contributed by atoms with Crippen molar-refractivity contribution >= 4 is 17.5 Å². The monoisotopic (exact) mass is 611 g/mol. The molecule has 1 N–H and O–H groups in total. The number of benzene rings is 1. The fraction of sp³-hybridized carbons (Fsp3) is 0.583. The van der Waals surface area contributed by atoms with Crippen LogP contribution in [0.15, 0.2) is 30.3 Å². The molecule has 0 bridgehead atoms. The standard InChI is InChI=1S/C36H42ClN5O2/c1-35(2)33(36(3,4)34(35)44-28-13-8-23(16-38)30(37)15-28)42-21-31-29(32(42)43)14-10-26(40-31)9-5-22-6-11-27(12-7-22)41-19-24-17-39-18-25(24)20-41/h8,10,13-15,22,24-25,27,33-34,39H,6-7,11-12,17-21H2,1-4H3/t22?,24?,25?,27?,33-,34-. The van der Waals surface area contributed by atoms with E-state index in [2.05, 4.69) is 55.8 Å². The zero-order valence-corrected chi connectivity index (χ0v) is 27.0. The van der Waals surface area contributed by atoms with Crippen LogP contribution in [0.2, 0.25) is 5.02 Å². The number of pyridine rings is 1. The Balaban J connectivity index is 0.988. The molecule has 4 fully saturated rings. The van der Waals surface area contributed by atoms with E-state index < -0.39 is 0 Å². The molecule has 2 aliphatic carbocycles. The van der Waals surface area contributed by atoms with Crippen LogP contribution in [0, 0.1) is 51.8 Å². The highest BCUT2D eigenvalue weighted by Gasteiger charge is 2.67. The molecular formula is C36H42ClN5O2. The summed E-state index contributed by atoms with van der Waals surface area (Å²) in [7, 11) is 0. The molecule has 3 aliphatic heterocycles. The van der Waals surface area contributed by atoms with Gasteiger partial charge in [-0.3, -0.25) is 9.69 Å². The molecule has 2 saturated carbocycles. The Hall–Kier alpha value is -3.10. The second kappa shape index (κ2) is 11.1. The molecule has 2 atom stereocenters. The molecule has 2 saturated heterocycles. The third-order valence-corrected chi connectivity index (χ3v) is 11.5. The zero-order valence-electron chi connectivity index (χ0n) is 26.2. The van der Waals surface area contributed by atoms with Crippen LogP contribution in [0.4, 0.5) is 0 Å². The second-order valence-electron chi connectivity index (χ2n) is 14.8. The summed E-state index contributed by atoms with van der Waals surface area (Å²) < 4.78 is 6.45. The van der Waals surface area contributed by atoms with Crippen LogP contribution < -0.4 is 10.1 Å². The molecule has 0 radical (unpaired) electrons. The Bertz CT molecular complexity index is 1550. The number of nitriles is 1. The number of carbonyl (C=O) groups is 1. The van der Waals surface area contributed by atoms with Crippen LogP contribution in [0.5, 0.6) is 5.75 Å². The lowest BCUT2D eigenvalue weighted by Crippen LogP contribution is -2.74. The number of rotatable bonds is 4. The summed E-state index contributed by atoms with van der Waals surface area (Å²) in [5.41, 5.74) is 2.05. The van der Waals surface area contributed by atoms with Crippen molar-refractivity contribution in [2.45, 2.75) is 78.1 Å². The molecule has 7 rings (SSSR count). The Kier molecular flexibility index (Phi) is 7.44. The van der Waals surface area contributed by atoms with Crippen molar-refractivity contribution in [3.63, 3.8) is 0 Å². The minimum atomic E-state index is -0.312. The van der Waals surface area contributed by atoms with E-state index in [9.17, 15) is 10.1 Å². The normalized spacial score (nSPS) is 31.8. The number of halogens is 1. The molecule has 1 aromatic heterocycles. The maximum Gasteiger partial charge on any atom is 0.256 e. The van der Waals surface area contributed by atoms with Crippen LogP contribution >= 0.6 is 11.6 Å². The van der Waals surface area contributed by atoms with Gasteiger partial charge in [-0.1, -0.05) is 45.2 Å². The van der Waals surface area contributed by atoms with Gasteiger partial charge in [0.15, 0.2) is 0 Å². The summed E-state index contributed by atoms with van der Waals surface area (Å²) in [6.07, 6.45) is 4.64. The topological polar surface area (TPSA) is 81.5 Å². The van der Waals surface area contributed by atoms with E-state index in [1.54, 1.807) is 18.2 Å². The SMILES string of the molecule is CC1(C)[C@H](Oc2ccc(C#N)c(Cl)c2)C(C)(C)[C@H]1N1Cc2nc(C#CC3CCC(N4CC5CNCC5C4)CC3)ccc2C1=O. The smallest absolute Gasteiger partial charge is 0.256 e. The van der Waals surface area contributed by atoms with Gasteiger partial charge >= 0.3 is 0 Å². The number of hydrogen-bond donors (Lipinski definition) is 1. The fourth-order valence-corrected chi connectivity index (χ4v) is 9.66. The van der Waals surface area contributed by atoms with E-state index >= 15 is 0 Å². The first-order chi connectivity index (χ1) is 21.1. The molecule has 7 nitrogen and oxygen atoms in total. The average Bonchev–Trinajstić information content (AvgIpc) is 3.69. The van der Waals surface area contributed by atoms with Crippen molar-refractivity contribution in [1.82, 2.24) is 20.1 Å². The molecule has 2 aromatic rings. The van der Waals surface area contributed by atoms with Crippen LogP contribution in [-0.2, 0) is 6.54 Å². The first-order valence-corrected chi connectivity index (χ1v) is 16.6. The average molecular weight is 612 g/mol. The molecule has 230 valence electrons. The summed E-state index contributed by atoms with van der Waals surface area (Å²) in [5.74, 6) is 9.67. The van der Waals surface area contributed by atoms with E-state index in [1.165, 1.54) is 39.0 Å². The van der Waals surface area contributed by atoms with Gasteiger partial charge in [0.1, 0.15) is 23.6 Å². The van der Waals surface area contributed by atoms with Gasteiger partial charge in [-0.15, -0.1) is 0 Å². The largest absolute Gasteiger partial charge is 0.489 e. The highest BCUT2D eigenvalue weighted by molar-refractivity contribution is 6.31. The van der Waals surface area contributed by atoms with Gasteiger partial charge < -0.3 is 15.0 Å². The summed E-state index contributed by atoms with van der Waals surface area (Å²) in [6.45, 7) is 14.0. The van der Waals surface area contributed by atoms with Gasteiger partial charge in [-0.2, -0.15) is 5.26 Å². The second-order valence-corrected chi connectivity index (χ2v) is 15.2. The van der Waals surface area contributed by atoms with Crippen molar-refractivity contribution < 1.29 is 9.53 Å². The highest BCUT2D eigenvalue weighted by Crippen LogP contribution is 2.59. The van der Waals surface area contributed by atoms with E-state index in [0.29, 0.717) is 34.4 Å².